The zero-order chi connectivity index (χ0) is 51.8. The lowest BCUT2D eigenvalue weighted by Crippen LogP contribution is -2.11. The third-order valence-electron chi connectivity index (χ3n) is 15.4. The van der Waals surface area contributed by atoms with Crippen molar-refractivity contribution in [3.8, 4) is 66.8 Å². The first-order valence-corrected chi connectivity index (χ1v) is 26.8. The molecule has 14 rings (SSSR count). The second-order valence-corrected chi connectivity index (χ2v) is 20.0. The Morgan fingerprint density at radius 3 is 0.821 bits per heavy atom. The lowest BCUT2D eigenvalue weighted by atomic mass is 9.87. The van der Waals surface area contributed by atoms with Crippen LogP contribution in [0.15, 0.2) is 315 Å². The van der Waals surface area contributed by atoms with E-state index in [4.69, 9.17) is 0 Å². The van der Waals surface area contributed by atoms with Crippen LogP contribution >= 0.6 is 0 Å². The van der Waals surface area contributed by atoms with Gasteiger partial charge < -0.3 is 9.80 Å². The standard InChI is InChI=1S/C76H52N2/c1-7-19-53(20-8-1)61-39-49-73(71(51-61)55-23-11-3-12-24-55)77(63-27-15-5-16-28-63)65-41-31-57(32-42-65)67-45-35-59-38-48-70-68(46-36-60-37-47-69(67)75(59)76(60)70)58-33-43-66(44-34-58)78(64-29-17-6-18-30-64)74-50-40-62(54-21-9-2-10-22-54)52-72(74)56-25-13-4-14-26-56/h1-52H. The molecular weight excluding hydrogens is 941 g/mol. The van der Waals surface area contributed by atoms with Crippen molar-refractivity contribution >= 4 is 66.4 Å². The van der Waals surface area contributed by atoms with E-state index in [1.807, 2.05) is 0 Å². The summed E-state index contributed by atoms with van der Waals surface area (Å²) in [6, 6.07) is 115. The van der Waals surface area contributed by atoms with Crippen LogP contribution in [0, 0.1) is 0 Å². The zero-order valence-corrected chi connectivity index (χ0v) is 42.9. The normalized spacial score (nSPS) is 11.3. The minimum Gasteiger partial charge on any atom is -0.310 e. The molecule has 366 valence electrons. The second kappa shape index (κ2) is 20.1. The average Bonchev–Trinajstić information content (AvgIpc) is 3.56. The molecule has 2 heteroatoms. The molecule has 0 spiro atoms. The number of hydrogen-bond acceptors (Lipinski definition) is 2. The third kappa shape index (κ3) is 8.52. The van der Waals surface area contributed by atoms with Crippen molar-refractivity contribution in [3.05, 3.63) is 315 Å². The van der Waals surface area contributed by atoms with Crippen molar-refractivity contribution in [2.24, 2.45) is 0 Å². The summed E-state index contributed by atoms with van der Waals surface area (Å²) in [7, 11) is 0. The quantitative estimate of drug-likeness (QED) is 0.113. The van der Waals surface area contributed by atoms with Gasteiger partial charge in [0.25, 0.3) is 0 Å². The first kappa shape index (κ1) is 46.3. The van der Waals surface area contributed by atoms with E-state index in [1.165, 1.54) is 99.1 Å². The molecule has 0 unspecified atom stereocenters. The van der Waals surface area contributed by atoms with Crippen molar-refractivity contribution in [1.82, 2.24) is 0 Å². The number of nitrogens with zero attached hydrogens (tertiary/aromatic N) is 2. The van der Waals surface area contributed by atoms with Gasteiger partial charge in [0.1, 0.15) is 0 Å². The molecule has 0 N–H and O–H groups in total. The number of benzene rings is 14. The molecule has 0 aliphatic heterocycles. The van der Waals surface area contributed by atoms with Crippen LogP contribution < -0.4 is 9.80 Å². The highest BCUT2D eigenvalue weighted by molar-refractivity contribution is 6.27. The number of para-hydroxylation sites is 2. The Kier molecular flexibility index (Phi) is 11.9. The van der Waals surface area contributed by atoms with Crippen LogP contribution in [0.4, 0.5) is 34.1 Å². The molecule has 14 aromatic rings. The molecule has 78 heavy (non-hydrogen) atoms. The van der Waals surface area contributed by atoms with Gasteiger partial charge in [0.2, 0.25) is 0 Å². The molecule has 0 radical (unpaired) electrons. The largest absolute Gasteiger partial charge is 0.310 e. The lowest BCUT2D eigenvalue weighted by molar-refractivity contribution is 1.28. The van der Waals surface area contributed by atoms with Gasteiger partial charge in [0, 0.05) is 33.9 Å². The number of rotatable bonds is 12. The van der Waals surface area contributed by atoms with Gasteiger partial charge in [0.05, 0.1) is 11.4 Å². The Labute approximate surface area is 456 Å². The maximum absolute atomic E-state index is 2.39. The molecule has 0 saturated carbocycles. The Hall–Kier alpha value is -10.3. The Morgan fingerprint density at radius 1 is 0.179 bits per heavy atom. The van der Waals surface area contributed by atoms with Gasteiger partial charge >= 0.3 is 0 Å². The molecule has 0 saturated heterocycles. The van der Waals surface area contributed by atoms with E-state index < -0.39 is 0 Å². The SMILES string of the molecule is c1ccc(-c2ccc(N(c3ccccc3)c3ccc(-c4ccc5ccc6c(-c7ccc(N(c8ccccc8)c8ccc(-c9ccccc9)cc8-c8ccccc8)cc7)ccc7ccc4c5c76)cc3)c(-c3ccccc3)c2)cc1. The van der Waals surface area contributed by atoms with E-state index in [2.05, 4.69) is 325 Å². The van der Waals surface area contributed by atoms with Crippen molar-refractivity contribution in [3.63, 3.8) is 0 Å². The maximum Gasteiger partial charge on any atom is 0.0540 e. The molecule has 0 aromatic heterocycles. The first-order chi connectivity index (χ1) is 38.7. The van der Waals surface area contributed by atoms with Crippen LogP contribution in [-0.4, -0.2) is 0 Å². The summed E-state index contributed by atoms with van der Waals surface area (Å²) in [5, 5.41) is 7.57. The number of hydrogen-bond donors (Lipinski definition) is 0. The topological polar surface area (TPSA) is 6.48 Å². The van der Waals surface area contributed by atoms with Crippen LogP contribution in [0.5, 0.6) is 0 Å². The van der Waals surface area contributed by atoms with Crippen molar-refractivity contribution < 1.29 is 0 Å². The molecule has 0 aliphatic carbocycles. The highest BCUT2D eigenvalue weighted by Gasteiger charge is 2.22. The molecule has 0 amide bonds. The fourth-order valence-electron chi connectivity index (χ4n) is 11.7. The smallest absolute Gasteiger partial charge is 0.0540 e. The molecule has 0 aliphatic rings. The first-order valence-electron chi connectivity index (χ1n) is 26.8. The third-order valence-corrected chi connectivity index (χ3v) is 15.4. The molecule has 0 heterocycles. The van der Waals surface area contributed by atoms with E-state index in [9.17, 15) is 0 Å². The maximum atomic E-state index is 2.39. The van der Waals surface area contributed by atoms with E-state index in [-0.39, 0.29) is 0 Å². The van der Waals surface area contributed by atoms with Crippen molar-refractivity contribution in [2.45, 2.75) is 0 Å². The zero-order valence-electron chi connectivity index (χ0n) is 42.9. The summed E-state index contributed by atoms with van der Waals surface area (Å²) in [6.07, 6.45) is 0. The molecule has 0 bridgehead atoms. The summed E-state index contributed by atoms with van der Waals surface area (Å²) in [6.45, 7) is 0. The molecular formula is C76H52N2. The van der Waals surface area contributed by atoms with E-state index >= 15 is 0 Å². The second-order valence-electron chi connectivity index (χ2n) is 20.0. The van der Waals surface area contributed by atoms with Crippen LogP contribution in [0.2, 0.25) is 0 Å². The Morgan fingerprint density at radius 2 is 0.462 bits per heavy atom. The Balaban J connectivity index is 0.839. The van der Waals surface area contributed by atoms with E-state index in [0.29, 0.717) is 0 Å². The summed E-state index contributed by atoms with van der Waals surface area (Å²) >= 11 is 0. The highest BCUT2D eigenvalue weighted by atomic mass is 15.1. The fourth-order valence-corrected chi connectivity index (χ4v) is 11.7. The van der Waals surface area contributed by atoms with Gasteiger partial charge in [-0.15, -0.1) is 0 Å². The highest BCUT2D eigenvalue weighted by Crippen LogP contribution is 2.47. The average molecular weight is 993 g/mol. The molecule has 14 aromatic carbocycles. The van der Waals surface area contributed by atoms with Crippen molar-refractivity contribution in [2.75, 3.05) is 9.80 Å². The van der Waals surface area contributed by atoms with Crippen LogP contribution in [0.1, 0.15) is 0 Å². The van der Waals surface area contributed by atoms with Crippen LogP contribution in [0.25, 0.3) is 99.1 Å². The summed E-state index contributed by atoms with van der Waals surface area (Å²) in [5.41, 5.74) is 20.8. The summed E-state index contributed by atoms with van der Waals surface area (Å²) < 4.78 is 0. The van der Waals surface area contributed by atoms with Gasteiger partial charge in [0.15, 0.2) is 0 Å². The van der Waals surface area contributed by atoms with Gasteiger partial charge in [-0.05, 0) is 161 Å². The van der Waals surface area contributed by atoms with Gasteiger partial charge in [-0.2, -0.15) is 0 Å². The van der Waals surface area contributed by atoms with E-state index in [0.717, 1.165) is 34.1 Å². The van der Waals surface area contributed by atoms with Gasteiger partial charge in [-0.1, -0.05) is 243 Å². The van der Waals surface area contributed by atoms with E-state index in [1.54, 1.807) is 0 Å². The number of anilines is 6. The van der Waals surface area contributed by atoms with Gasteiger partial charge in [-0.25, -0.2) is 0 Å². The predicted octanol–water partition coefficient (Wildman–Crippen LogP) is 21.5. The lowest BCUT2D eigenvalue weighted by Gasteiger charge is -2.28. The fraction of sp³-hybridized carbons (Fsp3) is 0. The molecule has 0 fully saturated rings. The predicted molar refractivity (Wildman–Crippen MR) is 332 cm³/mol. The van der Waals surface area contributed by atoms with Crippen LogP contribution in [0.3, 0.4) is 0 Å². The molecule has 2 nitrogen and oxygen atoms in total. The summed E-state index contributed by atoms with van der Waals surface area (Å²) in [5.74, 6) is 0. The monoisotopic (exact) mass is 992 g/mol. The minimum atomic E-state index is 1.09. The summed E-state index contributed by atoms with van der Waals surface area (Å²) in [4.78, 5) is 4.78. The van der Waals surface area contributed by atoms with Gasteiger partial charge in [-0.3, -0.25) is 0 Å². The molecule has 0 atom stereocenters. The van der Waals surface area contributed by atoms with Crippen molar-refractivity contribution in [1.29, 1.82) is 0 Å². The van der Waals surface area contributed by atoms with Crippen LogP contribution in [-0.2, 0) is 0 Å². The Bertz CT molecular complexity index is 4080. The minimum absolute atomic E-state index is 1.09.